The number of aliphatic hydroxyl groups excluding tert-OH is 1. The van der Waals surface area contributed by atoms with Gasteiger partial charge in [-0.3, -0.25) is 9.69 Å². The molecular weight excluding hydrogens is 561 g/mol. The first-order valence-corrected chi connectivity index (χ1v) is 13.8. The Morgan fingerprint density at radius 3 is 2.38 bits per heavy atom. The number of esters is 1. The number of aliphatic hydroxyl groups is 1. The molecule has 0 fully saturated rings. The third-order valence-electron chi connectivity index (χ3n) is 7.15. The normalized spacial score (nSPS) is 16.2. The van der Waals surface area contributed by atoms with E-state index in [-0.39, 0.29) is 24.2 Å². The van der Waals surface area contributed by atoms with Gasteiger partial charge in [0.05, 0.1) is 11.4 Å². The lowest BCUT2D eigenvalue weighted by Gasteiger charge is -2.37. The maximum absolute atomic E-state index is 14.9. The fourth-order valence-corrected chi connectivity index (χ4v) is 5.41. The molecule has 8 heteroatoms. The molecule has 1 N–H and O–H groups in total. The summed E-state index contributed by atoms with van der Waals surface area (Å²) >= 11 is 3.28. The van der Waals surface area contributed by atoms with Crippen LogP contribution in [0.25, 0.3) is 0 Å². The van der Waals surface area contributed by atoms with Crippen molar-refractivity contribution < 1.29 is 19.0 Å². The molecule has 0 bridgehead atoms. The molecule has 0 spiro atoms. The summed E-state index contributed by atoms with van der Waals surface area (Å²) in [4.78, 5) is 20.2. The summed E-state index contributed by atoms with van der Waals surface area (Å²) in [5.41, 5.74) is 3.73. The number of ether oxygens (including phenoxy) is 1. The minimum Gasteiger partial charge on any atom is -0.460 e. The summed E-state index contributed by atoms with van der Waals surface area (Å²) in [5, 5.41) is 11.4. The van der Waals surface area contributed by atoms with E-state index in [1.54, 1.807) is 12.1 Å². The Hall–Kier alpha value is -3.33. The number of hydrogen-bond donors (Lipinski definition) is 1. The molecule has 2 heterocycles. The third kappa shape index (κ3) is 5.98. The quantitative estimate of drug-likeness (QED) is 0.263. The predicted octanol–water partition coefficient (Wildman–Crippen LogP) is 5.79. The molecule has 2 atom stereocenters. The zero-order valence-corrected chi connectivity index (χ0v) is 23.5. The van der Waals surface area contributed by atoms with Crippen LogP contribution in [-0.4, -0.2) is 37.6 Å². The molecular formula is C31H31BrFN3O3. The van der Waals surface area contributed by atoms with E-state index in [2.05, 4.69) is 20.8 Å². The molecule has 0 saturated carbocycles. The van der Waals surface area contributed by atoms with Crippen molar-refractivity contribution >= 4 is 21.9 Å². The van der Waals surface area contributed by atoms with Crippen LogP contribution in [0.15, 0.2) is 83.3 Å². The molecule has 1 aliphatic heterocycles. The van der Waals surface area contributed by atoms with Crippen LogP contribution in [0.3, 0.4) is 0 Å². The number of rotatable bonds is 8. The van der Waals surface area contributed by atoms with Gasteiger partial charge in [0, 0.05) is 35.6 Å². The summed E-state index contributed by atoms with van der Waals surface area (Å²) < 4.78 is 23.2. The fourth-order valence-electron chi connectivity index (χ4n) is 5.08. The average Bonchev–Trinajstić information content (AvgIpc) is 3.29. The van der Waals surface area contributed by atoms with Crippen LogP contribution in [0, 0.1) is 5.82 Å². The Morgan fingerprint density at radius 2 is 1.74 bits per heavy atom. The van der Waals surface area contributed by atoms with Gasteiger partial charge in [0.1, 0.15) is 30.4 Å². The van der Waals surface area contributed by atoms with Gasteiger partial charge in [0.25, 0.3) is 0 Å². The zero-order valence-electron chi connectivity index (χ0n) is 21.9. The van der Waals surface area contributed by atoms with E-state index < -0.39 is 18.0 Å². The molecule has 1 aromatic heterocycles. The highest BCUT2D eigenvalue weighted by atomic mass is 79.9. The summed E-state index contributed by atoms with van der Waals surface area (Å²) in [6.07, 6.45) is -0.936. The van der Waals surface area contributed by atoms with E-state index in [9.17, 15) is 14.3 Å². The van der Waals surface area contributed by atoms with Crippen molar-refractivity contribution in [3.63, 3.8) is 0 Å². The SMILES string of the molecule is CC(C)N1Cc2c(nc(C(O)c3ccc(Br)cc3F)n2Cc2ccccc2)C[C@H]1C(=O)OCc1ccccc1. The smallest absolute Gasteiger partial charge is 0.324 e. The number of carbonyl (C=O) groups is 1. The first-order chi connectivity index (χ1) is 18.8. The van der Waals surface area contributed by atoms with Gasteiger partial charge in [-0.25, -0.2) is 9.37 Å². The highest BCUT2D eigenvalue weighted by Crippen LogP contribution is 2.33. The number of aromatic nitrogens is 2. The number of halogens is 2. The topological polar surface area (TPSA) is 67.6 Å². The first kappa shape index (κ1) is 27.2. The Labute approximate surface area is 236 Å². The number of hydrogen-bond acceptors (Lipinski definition) is 5. The van der Waals surface area contributed by atoms with Crippen molar-refractivity contribution in [3.05, 3.63) is 123 Å². The Kier molecular flexibility index (Phi) is 8.26. The molecule has 1 unspecified atom stereocenters. The van der Waals surface area contributed by atoms with Crippen molar-refractivity contribution in [3.8, 4) is 0 Å². The van der Waals surface area contributed by atoms with E-state index in [0.717, 1.165) is 22.5 Å². The Bertz CT molecular complexity index is 1440. The molecule has 5 rings (SSSR count). The van der Waals surface area contributed by atoms with Crippen LogP contribution in [0.1, 0.15) is 53.9 Å². The summed E-state index contributed by atoms with van der Waals surface area (Å²) in [6, 6.07) is 23.6. The van der Waals surface area contributed by atoms with E-state index >= 15 is 0 Å². The molecule has 0 aliphatic carbocycles. The molecule has 4 aromatic rings. The van der Waals surface area contributed by atoms with Crippen LogP contribution in [-0.2, 0) is 35.6 Å². The average molecular weight is 593 g/mol. The highest BCUT2D eigenvalue weighted by Gasteiger charge is 2.38. The van der Waals surface area contributed by atoms with Crippen molar-refractivity contribution in [2.75, 3.05) is 0 Å². The van der Waals surface area contributed by atoms with Crippen molar-refractivity contribution in [2.45, 2.75) is 58.2 Å². The fraction of sp³-hybridized carbons (Fsp3) is 0.290. The lowest BCUT2D eigenvalue weighted by molar-refractivity contribution is -0.153. The van der Waals surface area contributed by atoms with Crippen LogP contribution in [0.5, 0.6) is 0 Å². The Morgan fingerprint density at radius 1 is 1.08 bits per heavy atom. The summed E-state index contributed by atoms with van der Waals surface area (Å²) in [7, 11) is 0. The second-order valence-electron chi connectivity index (χ2n) is 10.1. The maximum Gasteiger partial charge on any atom is 0.324 e. The van der Waals surface area contributed by atoms with E-state index in [4.69, 9.17) is 9.72 Å². The minimum atomic E-state index is -1.27. The van der Waals surface area contributed by atoms with Gasteiger partial charge >= 0.3 is 5.97 Å². The number of fused-ring (bicyclic) bond motifs is 1. The van der Waals surface area contributed by atoms with Crippen molar-refractivity contribution in [1.29, 1.82) is 0 Å². The van der Waals surface area contributed by atoms with Gasteiger partial charge in [-0.05, 0) is 37.1 Å². The van der Waals surface area contributed by atoms with Gasteiger partial charge < -0.3 is 14.4 Å². The molecule has 3 aromatic carbocycles. The van der Waals surface area contributed by atoms with Gasteiger partial charge in [0.2, 0.25) is 0 Å². The molecule has 6 nitrogen and oxygen atoms in total. The van der Waals surface area contributed by atoms with Crippen molar-refractivity contribution in [1.82, 2.24) is 14.5 Å². The number of imidazole rings is 1. The molecule has 39 heavy (non-hydrogen) atoms. The zero-order chi connectivity index (χ0) is 27.5. The second kappa shape index (κ2) is 11.8. The lowest BCUT2D eigenvalue weighted by atomic mass is 10.0. The van der Waals surface area contributed by atoms with Gasteiger partial charge in [-0.2, -0.15) is 0 Å². The standard InChI is InChI=1S/C31H31BrFN3O3/c1-20(2)35-18-28-26(16-27(35)31(38)39-19-22-11-7-4-8-12-22)34-30(36(28)17-21-9-5-3-6-10-21)29(37)24-14-13-23(32)15-25(24)33/h3-15,20,27,29,37H,16-19H2,1-2H3/t27-,29?/m0/s1. The molecule has 1 aliphatic rings. The van der Waals surface area contributed by atoms with Crippen LogP contribution >= 0.6 is 15.9 Å². The Balaban J connectivity index is 1.50. The molecule has 0 amide bonds. The largest absolute Gasteiger partial charge is 0.460 e. The number of carbonyl (C=O) groups excluding carboxylic acids is 1. The van der Waals surface area contributed by atoms with Crippen molar-refractivity contribution in [2.24, 2.45) is 0 Å². The predicted molar refractivity (Wildman–Crippen MR) is 150 cm³/mol. The highest BCUT2D eigenvalue weighted by molar-refractivity contribution is 9.10. The van der Waals surface area contributed by atoms with E-state index in [1.165, 1.54) is 6.07 Å². The van der Waals surface area contributed by atoms with Crippen LogP contribution in [0.4, 0.5) is 4.39 Å². The van der Waals surface area contributed by atoms with Gasteiger partial charge in [-0.15, -0.1) is 0 Å². The van der Waals surface area contributed by atoms with E-state index in [1.807, 2.05) is 79.1 Å². The summed E-state index contributed by atoms with van der Waals surface area (Å²) in [6.45, 7) is 5.21. The molecule has 0 radical (unpaired) electrons. The van der Waals surface area contributed by atoms with Crippen LogP contribution < -0.4 is 0 Å². The number of nitrogens with zero attached hydrogens (tertiary/aromatic N) is 3. The summed E-state index contributed by atoms with van der Waals surface area (Å²) in [5.74, 6) is -0.473. The molecule has 0 saturated heterocycles. The maximum atomic E-state index is 14.9. The second-order valence-corrected chi connectivity index (χ2v) is 11.0. The van der Waals surface area contributed by atoms with Crippen LogP contribution in [0.2, 0.25) is 0 Å². The first-order valence-electron chi connectivity index (χ1n) is 13.0. The van der Waals surface area contributed by atoms with E-state index in [0.29, 0.717) is 29.8 Å². The van der Waals surface area contributed by atoms with Gasteiger partial charge in [0.15, 0.2) is 0 Å². The third-order valence-corrected chi connectivity index (χ3v) is 7.64. The minimum absolute atomic E-state index is 0.0600. The van der Waals surface area contributed by atoms with Gasteiger partial charge in [-0.1, -0.05) is 82.7 Å². The monoisotopic (exact) mass is 591 g/mol. The lowest BCUT2D eigenvalue weighted by Crippen LogP contribution is -2.49. The molecule has 202 valence electrons. The number of benzene rings is 3.